The number of ether oxygens (including phenoxy) is 1. The lowest BCUT2D eigenvalue weighted by Crippen LogP contribution is -2.32. The Kier molecular flexibility index (Phi) is 7.83. The van der Waals surface area contributed by atoms with E-state index in [4.69, 9.17) is 5.73 Å². The fourth-order valence-electron chi connectivity index (χ4n) is 0.748. The number of thioether (sulfide) groups is 1. The minimum absolute atomic E-state index is 0.329. The molecule has 0 rings (SSSR count). The lowest BCUT2D eigenvalue weighted by molar-refractivity contribution is -0.142. The third kappa shape index (κ3) is 6.66. The molecule has 0 saturated heterocycles. The second-order valence-electron chi connectivity index (χ2n) is 2.61. The van der Waals surface area contributed by atoms with E-state index in [1.807, 2.05) is 6.08 Å². The van der Waals surface area contributed by atoms with Crippen LogP contribution in [0.1, 0.15) is 12.8 Å². The van der Waals surface area contributed by atoms with Gasteiger partial charge >= 0.3 is 5.97 Å². The number of hydrogen-bond donors (Lipinski definition) is 1. The highest BCUT2D eigenvalue weighted by molar-refractivity contribution is 7.99. The van der Waals surface area contributed by atoms with E-state index >= 15 is 0 Å². The first kappa shape index (κ1) is 12.5. The molecule has 1 atom stereocenters. The largest absolute Gasteiger partial charge is 0.468 e. The Morgan fingerprint density at radius 1 is 1.69 bits per heavy atom. The molecule has 1 unspecified atom stereocenters. The Hall–Kier alpha value is -0.480. The van der Waals surface area contributed by atoms with Crippen LogP contribution in [0.4, 0.5) is 0 Å². The summed E-state index contributed by atoms with van der Waals surface area (Å²) in [5.41, 5.74) is 5.53. The standard InChI is InChI=1S/C9H17NO2S/c1-3-4-6-13-7-5-8(10)9(11)12-2/h3,8H,1,4-7,10H2,2H3. The number of methoxy groups -OCH3 is 1. The van der Waals surface area contributed by atoms with Gasteiger partial charge in [-0.2, -0.15) is 11.8 Å². The summed E-state index contributed by atoms with van der Waals surface area (Å²) in [7, 11) is 1.35. The molecule has 0 aromatic carbocycles. The quantitative estimate of drug-likeness (QED) is 0.383. The van der Waals surface area contributed by atoms with Gasteiger partial charge in [0, 0.05) is 0 Å². The summed E-state index contributed by atoms with van der Waals surface area (Å²) in [5.74, 6) is 1.60. The van der Waals surface area contributed by atoms with Gasteiger partial charge in [-0.25, -0.2) is 0 Å². The fourth-order valence-corrected chi connectivity index (χ4v) is 1.71. The van der Waals surface area contributed by atoms with Crippen LogP contribution in [0.15, 0.2) is 12.7 Å². The number of esters is 1. The number of rotatable bonds is 7. The Labute approximate surface area is 83.7 Å². The predicted octanol–water partition coefficient (Wildman–Crippen LogP) is 1.19. The monoisotopic (exact) mass is 203 g/mol. The van der Waals surface area contributed by atoms with Crippen LogP contribution in [-0.2, 0) is 9.53 Å². The summed E-state index contributed by atoms with van der Waals surface area (Å²) in [6.07, 6.45) is 3.56. The van der Waals surface area contributed by atoms with Crippen molar-refractivity contribution in [3.05, 3.63) is 12.7 Å². The zero-order valence-corrected chi connectivity index (χ0v) is 8.81. The third-order valence-electron chi connectivity index (χ3n) is 1.54. The molecule has 0 aromatic rings. The molecule has 0 aliphatic rings. The van der Waals surface area contributed by atoms with Crippen molar-refractivity contribution in [2.75, 3.05) is 18.6 Å². The SMILES string of the molecule is C=CCCSCCC(N)C(=O)OC. The topological polar surface area (TPSA) is 52.3 Å². The Morgan fingerprint density at radius 3 is 2.92 bits per heavy atom. The van der Waals surface area contributed by atoms with Gasteiger partial charge in [0.25, 0.3) is 0 Å². The molecule has 0 bridgehead atoms. The van der Waals surface area contributed by atoms with E-state index in [0.29, 0.717) is 6.42 Å². The maximum Gasteiger partial charge on any atom is 0.322 e. The Balaban J connectivity index is 3.31. The van der Waals surface area contributed by atoms with Crippen LogP contribution in [-0.4, -0.2) is 30.6 Å². The van der Waals surface area contributed by atoms with Gasteiger partial charge in [0.2, 0.25) is 0 Å². The van der Waals surface area contributed by atoms with Gasteiger partial charge in [-0.3, -0.25) is 4.79 Å². The Bertz CT molecular complexity index is 162. The third-order valence-corrected chi connectivity index (χ3v) is 2.59. The number of carbonyl (C=O) groups excluding carboxylic acids is 1. The number of hydrogen-bond acceptors (Lipinski definition) is 4. The van der Waals surface area contributed by atoms with Crippen LogP contribution in [0.2, 0.25) is 0 Å². The fraction of sp³-hybridized carbons (Fsp3) is 0.667. The average molecular weight is 203 g/mol. The number of nitrogens with two attached hydrogens (primary N) is 1. The minimum Gasteiger partial charge on any atom is -0.468 e. The van der Waals surface area contributed by atoms with Crippen LogP contribution in [0.25, 0.3) is 0 Å². The molecule has 76 valence electrons. The summed E-state index contributed by atoms with van der Waals surface area (Å²) in [6.45, 7) is 3.62. The zero-order valence-electron chi connectivity index (χ0n) is 7.99. The predicted molar refractivity (Wildman–Crippen MR) is 56.7 cm³/mol. The molecule has 0 heterocycles. The van der Waals surface area contributed by atoms with E-state index in [1.165, 1.54) is 7.11 Å². The zero-order chi connectivity index (χ0) is 10.1. The van der Waals surface area contributed by atoms with Crippen LogP contribution < -0.4 is 5.73 Å². The van der Waals surface area contributed by atoms with Crippen molar-refractivity contribution in [3.8, 4) is 0 Å². The van der Waals surface area contributed by atoms with E-state index in [9.17, 15) is 4.79 Å². The highest BCUT2D eigenvalue weighted by atomic mass is 32.2. The Morgan fingerprint density at radius 2 is 2.38 bits per heavy atom. The summed E-state index contributed by atoms with van der Waals surface area (Å²) in [4.78, 5) is 10.9. The first-order valence-electron chi connectivity index (χ1n) is 4.24. The summed E-state index contributed by atoms with van der Waals surface area (Å²) >= 11 is 1.78. The van der Waals surface area contributed by atoms with E-state index in [2.05, 4.69) is 11.3 Å². The molecular formula is C9H17NO2S. The first-order valence-corrected chi connectivity index (χ1v) is 5.40. The number of carbonyl (C=O) groups is 1. The molecule has 3 nitrogen and oxygen atoms in total. The molecule has 0 aliphatic heterocycles. The van der Waals surface area contributed by atoms with Crippen molar-refractivity contribution >= 4 is 17.7 Å². The molecule has 4 heteroatoms. The van der Waals surface area contributed by atoms with E-state index < -0.39 is 6.04 Å². The van der Waals surface area contributed by atoms with Gasteiger partial charge in [-0.05, 0) is 24.3 Å². The van der Waals surface area contributed by atoms with Gasteiger partial charge in [-0.1, -0.05) is 6.08 Å². The average Bonchev–Trinajstić information content (AvgIpc) is 2.16. The van der Waals surface area contributed by atoms with Crippen molar-refractivity contribution in [2.45, 2.75) is 18.9 Å². The lowest BCUT2D eigenvalue weighted by atomic mass is 10.2. The van der Waals surface area contributed by atoms with Gasteiger partial charge in [0.15, 0.2) is 0 Å². The molecule has 0 spiro atoms. The maximum absolute atomic E-state index is 10.9. The molecule has 0 saturated carbocycles. The first-order chi connectivity index (χ1) is 6.22. The molecule has 0 fully saturated rings. The van der Waals surface area contributed by atoms with E-state index in [0.717, 1.165) is 17.9 Å². The number of allylic oxidation sites excluding steroid dienone is 1. The van der Waals surface area contributed by atoms with Crippen molar-refractivity contribution < 1.29 is 9.53 Å². The molecule has 13 heavy (non-hydrogen) atoms. The summed E-state index contributed by atoms with van der Waals surface area (Å²) < 4.78 is 4.50. The van der Waals surface area contributed by atoms with Crippen LogP contribution in [0.5, 0.6) is 0 Å². The van der Waals surface area contributed by atoms with Crippen LogP contribution >= 0.6 is 11.8 Å². The van der Waals surface area contributed by atoms with Gasteiger partial charge in [0.1, 0.15) is 6.04 Å². The summed E-state index contributed by atoms with van der Waals surface area (Å²) in [5, 5.41) is 0. The van der Waals surface area contributed by atoms with Gasteiger partial charge < -0.3 is 10.5 Å². The summed E-state index contributed by atoms with van der Waals surface area (Å²) in [6, 6.07) is -0.471. The normalized spacial score (nSPS) is 12.2. The van der Waals surface area contributed by atoms with Crippen molar-refractivity contribution in [2.24, 2.45) is 5.73 Å². The van der Waals surface area contributed by atoms with Crippen molar-refractivity contribution in [1.82, 2.24) is 0 Å². The minimum atomic E-state index is -0.471. The molecule has 0 radical (unpaired) electrons. The van der Waals surface area contributed by atoms with Gasteiger partial charge in [0.05, 0.1) is 7.11 Å². The second kappa shape index (κ2) is 8.13. The highest BCUT2D eigenvalue weighted by Gasteiger charge is 2.12. The van der Waals surface area contributed by atoms with E-state index in [-0.39, 0.29) is 5.97 Å². The highest BCUT2D eigenvalue weighted by Crippen LogP contribution is 2.06. The lowest BCUT2D eigenvalue weighted by Gasteiger charge is -2.07. The molecule has 2 N–H and O–H groups in total. The molecule has 0 amide bonds. The molecule has 0 aliphatic carbocycles. The molecular weight excluding hydrogens is 186 g/mol. The van der Waals surface area contributed by atoms with Crippen LogP contribution in [0.3, 0.4) is 0 Å². The van der Waals surface area contributed by atoms with Crippen LogP contribution in [0, 0.1) is 0 Å². The molecule has 0 aromatic heterocycles. The van der Waals surface area contributed by atoms with E-state index in [1.54, 1.807) is 11.8 Å². The van der Waals surface area contributed by atoms with Crippen molar-refractivity contribution in [3.63, 3.8) is 0 Å². The van der Waals surface area contributed by atoms with Gasteiger partial charge in [-0.15, -0.1) is 6.58 Å². The maximum atomic E-state index is 10.9. The van der Waals surface area contributed by atoms with Crippen molar-refractivity contribution in [1.29, 1.82) is 0 Å². The second-order valence-corrected chi connectivity index (χ2v) is 3.83. The smallest absolute Gasteiger partial charge is 0.322 e.